The highest BCUT2D eigenvalue weighted by Crippen LogP contribution is 2.24. The van der Waals surface area contributed by atoms with Crippen molar-refractivity contribution in [2.24, 2.45) is 5.92 Å². The Morgan fingerprint density at radius 1 is 1.16 bits per heavy atom. The van der Waals surface area contributed by atoms with Crippen molar-refractivity contribution in [3.05, 3.63) is 42.1 Å². The van der Waals surface area contributed by atoms with E-state index in [1.165, 1.54) is 0 Å². The largest absolute Gasteiger partial charge is 0.356 e. The Bertz CT molecular complexity index is 722. The Kier molecular flexibility index (Phi) is 5.31. The van der Waals surface area contributed by atoms with Crippen LogP contribution in [0.5, 0.6) is 0 Å². The van der Waals surface area contributed by atoms with Crippen LogP contribution in [0.25, 0.3) is 11.4 Å². The third kappa shape index (κ3) is 4.35. The number of aromatic nitrogens is 2. The van der Waals surface area contributed by atoms with E-state index < -0.39 is 0 Å². The topological polar surface area (TPSA) is 58.1 Å². The molecule has 0 unspecified atom stereocenters. The van der Waals surface area contributed by atoms with Crippen LogP contribution in [-0.2, 0) is 0 Å². The number of hydrogen-bond acceptors (Lipinski definition) is 4. The molecular formula is C20H26N4O. The molecule has 1 aliphatic rings. The Labute approximate surface area is 149 Å². The number of rotatable bonds is 4. The molecule has 3 rings (SSSR count). The fourth-order valence-corrected chi connectivity index (χ4v) is 3.00. The van der Waals surface area contributed by atoms with E-state index in [0.29, 0.717) is 11.5 Å². The molecule has 0 spiro atoms. The Morgan fingerprint density at radius 3 is 2.48 bits per heavy atom. The smallest absolute Gasteiger partial charge is 0.270 e. The van der Waals surface area contributed by atoms with Gasteiger partial charge in [-0.2, -0.15) is 0 Å². The molecule has 2 heterocycles. The van der Waals surface area contributed by atoms with Gasteiger partial charge in [-0.05, 0) is 32.6 Å². The van der Waals surface area contributed by atoms with E-state index in [9.17, 15) is 4.79 Å². The van der Waals surface area contributed by atoms with Gasteiger partial charge in [-0.3, -0.25) is 4.79 Å². The predicted octanol–water partition coefficient (Wildman–Crippen LogP) is 3.52. The summed E-state index contributed by atoms with van der Waals surface area (Å²) < 4.78 is 0. The van der Waals surface area contributed by atoms with Crippen LogP contribution in [0.3, 0.4) is 0 Å². The lowest BCUT2D eigenvalue weighted by atomic mass is 9.99. The van der Waals surface area contributed by atoms with Crippen LogP contribution in [0, 0.1) is 5.92 Å². The maximum Gasteiger partial charge on any atom is 0.270 e. The number of hydrogen-bond donors (Lipinski definition) is 1. The Hall–Kier alpha value is -2.43. The molecule has 0 aliphatic carbocycles. The number of anilines is 1. The highest BCUT2D eigenvalue weighted by molar-refractivity contribution is 5.93. The Morgan fingerprint density at radius 2 is 1.84 bits per heavy atom. The van der Waals surface area contributed by atoms with Crippen LogP contribution >= 0.6 is 0 Å². The van der Waals surface area contributed by atoms with Crippen molar-refractivity contribution in [3.8, 4) is 11.4 Å². The van der Waals surface area contributed by atoms with Gasteiger partial charge in [-0.15, -0.1) is 0 Å². The molecule has 132 valence electrons. The highest BCUT2D eigenvalue weighted by atomic mass is 16.1. The molecule has 5 heteroatoms. The van der Waals surface area contributed by atoms with E-state index in [-0.39, 0.29) is 11.9 Å². The minimum atomic E-state index is -0.152. The average molecular weight is 338 g/mol. The molecule has 0 radical (unpaired) electrons. The van der Waals surface area contributed by atoms with Crippen molar-refractivity contribution in [1.29, 1.82) is 0 Å². The monoisotopic (exact) mass is 338 g/mol. The van der Waals surface area contributed by atoms with Crippen LogP contribution in [0.1, 0.15) is 44.1 Å². The first-order chi connectivity index (χ1) is 12.0. The minimum absolute atomic E-state index is 0.0712. The molecular weight excluding hydrogens is 312 g/mol. The van der Waals surface area contributed by atoms with Gasteiger partial charge in [0.15, 0.2) is 5.82 Å². The van der Waals surface area contributed by atoms with Crippen molar-refractivity contribution in [1.82, 2.24) is 15.3 Å². The Balaban J connectivity index is 1.97. The number of nitrogens with zero attached hydrogens (tertiary/aromatic N) is 3. The van der Waals surface area contributed by atoms with Gasteiger partial charge in [0.05, 0.1) is 0 Å². The number of carbonyl (C=O) groups excluding carboxylic acids is 1. The van der Waals surface area contributed by atoms with Crippen molar-refractivity contribution >= 4 is 11.7 Å². The maximum atomic E-state index is 12.5. The minimum Gasteiger partial charge on any atom is -0.356 e. The molecule has 1 aromatic carbocycles. The molecule has 1 saturated heterocycles. The van der Waals surface area contributed by atoms with Gasteiger partial charge in [-0.1, -0.05) is 37.3 Å². The van der Waals surface area contributed by atoms with E-state index in [1.54, 1.807) is 0 Å². The van der Waals surface area contributed by atoms with Crippen LogP contribution in [-0.4, -0.2) is 35.0 Å². The lowest BCUT2D eigenvalue weighted by molar-refractivity contribution is 0.0938. The highest BCUT2D eigenvalue weighted by Gasteiger charge is 2.20. The maximum absolute atomic E-state index is 12.5. The van der Waals surface area contributed by atoms with E-state index in [4.69, 9.17) is 4.98 Å². The van der Waals surface area contributed by atoms with E-state index >= 15 is 0 Å². The lowest BCUT2D eigenvalue weighted by Gasteiger charge is -2.31. The first-order valence-electron chi connectivity index (χ1n) is 9.03. The first-order valence-corrected chi connectivity index (χ1v) is 9.03. The van der Waals surface area contributed by atoms with Gasteiger partial charge in [0.2, 0.25) is 0 Å². The molecule has 1 amide bonds. The molecule has 1 aromatic heterocycles. The van der Waals surface area contributed by atoms with Crippen LogP contribution in [0.15, 0.2) is 36.4 Å². The van der Waals surface area contributed by atoms with Gasteiger partial charge in [-0.25, -0.2) is 9.97 Å². The summed E-state index contributed by atoms with van der Waals surface area (Å²) in [4.78, 5) is 24.0. The molecule has 5 nitrogen and oxygen atoms in total. The van der Waals surface area contributed by atoms with E-state index in [1.807, 2.05) is 50.2 Å². The summed E-state index contributed by atoms with van der Waals surface area (Å²) in [5, 5.41) is 2.93. The predicted molar refractivity (Wildman–Crippen MR) is 101 cm³/mol. The molecule has 0 atom stereocenters. The lowest BCUT2D eigenvalue weighted by Crippen LogP contribution is -2.35. The van der Waals surface area contributed by atoms with Crippen molar-refractivity contribution < 1.29 is 4.79 Å². The number of piperidine rings is 1. The second kappa shape index (κ2) is 7.64. The van der Waals surface area contributed by atoms with Crippen molar-refractivity contribution in [3.63, 3.8) is 0 Å². The summed E-state index contributed by atoms with van der Waals surface area (Å²) in [7, 11) is 0. The van der Waals surface area contributed by atoms with Crippen LogP contribution in [0.2, 0.25) is 0 Å². The summed E-state index contributed by atoms with van der Waals surface area (Å²) in [5.41, 5.74) is 1.35. The fraction of sp³-hybridized carbons (Fsp3) is 0.450. The van der Waals surface area contributed by atoms with Gasteiger partial charge < -0.3 is 10.2 Å². The zero-order chi connectivity index (χ0) is 17.8. The number of amides is 1. The molecule has 1 aliphatic heterocycles. The zero-order valence-electron chi connectivity index (χ0n) is 15.2. The fourth-order valence-electron chi connectivity index (χ4n) is 3.00. The zero-order valence-corrected chi connectivity index (χ0v) is 15.2. The van der Waals surface area contributed by atoms with Crippen LogP contribution < -0.4 is 10.2 Å². The standard InChI is InChI=1S/C20H26N4O/c1-14(2)21-20(25)17-13-18(24-11-9-15(3)10-12-24)23-19(22-17)16-7-5-4-6-8-16/h4-8,13-15H,9-12H2,1-3H3,(H,21,25). The summed E-state index contributed by atoms with van der Waals surface area (Å²) in [6.07, 6.45) is 2.30. The van der Waals surface area contributed by atoms with Gasteiger partial charge in [0, 0.05) is 30.8 Å². The van der Waals surface area contributed by atoms with Crippen molar-refractivity contribution in [2.45, 2.75) is 39.7 Å². The SMILES string of the molecule is CC1CCN(c2cc(C(=O)NC(C)C)nc(-c3ccccc3)n2)CC1. The van der Waals surface area contributed by atoms with Gasteiger partial charge in [0.1, 0.15) is 11.5 Å². The van der Waals surface area contributed by atoms with E-state index in [0.717, 1.165) is 43.2 Å². The molecule has 25 heavy (non-hydrogen) atoms. The quantitative estimate of drug-likeness (QED) is 0.927. The third-order valence-electron chi connectivity index (χ3n) is 4.50. The summed E-state index contributed by atoms with van der Waals surface area (Å²) in [5.74, 6) is 2.04. The average Bonchev–Trinajstić information content (AvgIpc) is 2.62. The molecule has 0 bridgehead atoms. The first kappa shape index (κ1) is 17.4. The van der Waals surface area contributed by atoms with Gasteiger partial charge in [0.25, 0.3) is 5.91 Å². The molecule has 0 saturated carbocycles. The summed E-state index contributed by atoms with van der Waals surface area (Å²) in [6, 6.07) is 11.7. The second-order valence-corrected chi connectivity index (χ2v) is 7.10. The second-order valence-electron chi connectivity index (χ2n) is 7.10. The van der Waals surface area contributed by atoms with Gasteiger partial charge >= 0.3 is 0 Å². The number of benzene rings is 1. The van der Waals surface area contributed by atoms with Crippen molar-refractivity contribution in [2.75, 3.05) is 18.0 Å². The molecule has 1 N–H and O–H groups in total. The molecule has 2 aromatic rings. The summed E-state index contributed by atoms with van der Waals surface area (Å²) in [6.45, 7) is 8.12. The number of nitrogens with one attached hydrogen (secondary N) is 1. The normalized spacial score (nSPS) is 15.4. The number of carbonyl (C=O) groups is 1. The third-order valence-corrected chi connectivity index (χ3v) is 4.50. The van der Waals surface area contributed by atoms with Crippen LogP contribution in [0.4, 0.5) is 5.82 Å². The summed E-state index contributed by atoms with van der Waals surface area (Å²) >= 11 is 0. The molecule has 1 fully saturated rings. The van der Waals surface area contributed by atoms with E-state index in [2.05, 4.69) is 22.1 Å².